The number of amides is 2. The molecule has 1 aliphatic rings. The quantitative estimate of drug-likeness (QED) is 0.800. The highest BCUT2D eigenvalue weighted by atomic mass is 32.2. The maximum atomic E-state index is 12.6. The van der Waals surface area contributed by atoms with Crippen molar-refractivity contribution in [1.29, 1.82) is 0 Å². The van der Waals surface area contributed by atoms with Crippen LogP contribution in [0.5, 0.6) is 0 Å². The van der Waals surface area contributed by atoms with E-state index >= 15 is 0 Å². The number of carbonyl (C=O) groups is 2. The Labute approximate surface area is 152 Å². The number of nitrogens with one attached hydrogen (secondary N) is 1. The van der Waals surface area contributed by atoms with Crippen molar-refractivity contribution in [2.75, 3.05) is 22.5 Å². The summed E-state index contributed by atoms with van der Waals surface area (Å²) >= 11 is 1.66. The number of hydrogen-bond acceptors (Lipinski definition) is 3. The van der Waals surface area contributed by atoms with E-state index in [1.54, 1.807) is 11.8 Å². The minimum absolute atomic E-state index is 0.113. The number of benzene rings is 2. The van der Waals surface area contributed by atoms with Gasteiger partial charge >= 0.3 is 0 Å². The van der Waals surface area contributed by atoms with Gasteiger partial charge in [0.2, 0.25) is 5.91 Å². The van der Waals surface area contributed by atoms with E-state index < -0.39 is 0 Å². The summed E-state index contributed by atoms with van der Waals surface area (Å²) in [7, 11) is 0. The Kier molecular flexibility index (Phi) is 5.76. The van der Waals surface area contributed by atoms with Crippen molar-refractivity contribution in [3.8, 4) is 0 Å². The van der Waals surface area contributed by atoms with Crippen LogP contribution in [-0.2, 0) is 4.79 Å². The molecular weight excluding hydrogens is 332 g/mol. The predicted octanol–water partition coefficient (Wildman–Crippen LogP) is 4.57. The molecule has 3 rings (SSSR count). The number of hydrogen-bond donors (Lipinski definition) is 1. The van der Waals surface area contributed by atoms with E-state index in [2.05, 4.69) is 12.2 Å². The van der Waals surface area contributed by atoms with E-state index in [1.807, 2.05) is 53.4 Å². The SMILES string of the molecule is CCSc1ccccc1C(=O)Nc1ccc(N2CCCCC2=O)cc1. The Hall–Kier alpha value is -2.27. The van der Waals surface area contributed by atoms with Crippen molar-refractivity contribution in [3.05, 3.63) is 54.1 Å². The molecule has 0 saturated carbocycles. The van der Waals surface area contributed by atoms with Gasteiger partial charge in [0.15, 0.2) is 0 Å². The van der Waals surface area contributed by atoms with Crippen molar-refractivity contribution in [2.24, 2.45) is 0 Å². The van der Waals surface area contributed by atoms with Gasteiger partial charge in [0.05, 0.1) is 5.56 Å². The molecule has 0 unspecified atom stereocenters. The largest absolute Gasteiger partial charge is 0.322 e. The van der Waals surface area contributed by atoms with E-state index in [1.165, 1.54) is 0 Å². The second-order valence-corrected chi connectivity index (χ2v) is 7.24. The highest BCUT2D eigenvalue weighted by molar-refractivity contribution is 7.99. The number of thioether (sulfide) groups is 1. The summed E-state index contributed by atoms with van der Waals surface area (Å²) in [5.41, 5.74) is 2.31. The standard InChI is InChI=1S/C20H22N2O2S/c1-2-25-18-8-4-3-7-17(18)20(24)21-15-10-12-16(13-11-15)22-14-6-5-9-19(22)23/h3-4,7-8,10-13H,2,5-6,9,14H2,1H3,(H,21,24). The smallest absolute Gasteiger partial charge is 0.256 e. The van der Waals surface area contributed by atoms with Gasteiger partial charge in [0.1, 0.15) is 0 Å². The first kappa shape index (κ1) is 17.5. The van der Waals surface area contributed by atoms with Crippen molar-refractivity contribution in [3.63, 3.8) is 0 Å². The Morgan fingerprint density at radius 1 is 1.12 bits per heavy atom. The number of nitrogens with zero attached hydrogens (tertiary/aromatic N) is 1. The van der Waals surface area contributed by atoms with Gasteiger partial charge in [-0.1, -0.05) is 19.1 Å². The van der Waals surface area contributed by atoms with Crippen molar-refractivity contribution in [1.82, 2.24) is 0 Å². The molecule has 0 bridgehead atoms. The third kappa shape index (κ3) is 4.23. The van der Waals surface area contributed by atoms with Crippen molar-refractivity contribution in [2.45, 2.75) is 31.1 Å². The molecule has 1 fully saturated rings. The lowest BCUT2D eigenvalue weighted by molar-refractivity contribution is -0.119. The molecule has 130 valence electrons. The fourth-order valence-corrected chi connectivity index (χ4v) is 3.74. The van der Waals surface area contributed by atoms with Gasteiger partial charge in [-0.25, -0.2) is 0 Å². The van der Waals surface area contributed by atoms with Crippen LogP contribution in [0.4, 0.5) is 11.4 Å². The minimum Gasteiger partial charge on any atom is -0.322 e. The Morgan fingerprint density at radius 3 is 2.60 bits per heavy atom. The van der Waals surface area contributed by atoms with E-state index in [-0.39, 0.29) is 11.8 Å². The molecule has 2 aromatic carbocycles. The average Bonchev–Trinajstić information content (AvgIpc) is 2.64. The lowest BCUT2D eigenvalue weighted by Crippen LogP contribution is -2.35. The van der Waals surface area contributed by atoms with Crippen molar-refractivity contribution < 1.29 is 9.59 Å². The molecule has 0 aliphatic carbocycles. The first-order valence-corrected chi connectivity index (χ1v) is 9.61. The Balaban J connectivity index is 1.71. The van der Waals surface area contributed by atoms with Gasteiger partial charge in [-0.3, -0.25) is 9.59 Å². The summed E-state index contributed by atoms with van der Waals surface area (Å²) in [5, 5.41) is 2.94. The monoisotopic (exact) mass is 354 g/mol. The highest BCUT2D eigenvalue weighted by Gasteiger charge is 2.19. The summed E-state index contributed by atoms with van der Waals surface area (Å²) in [4.78, 5) is 27.4. The summed E-state index contributed by atoms with van der Waals surface area (Å²) in [5.74, 6) is 0.981. The maximum Gasteiger partial charge on any atom is 0.256 e. The summed E-state index contributed by atoms with van der Waals surface area (Å²) in [6.07, 6.45) is 2.62. The fraction of sp³-hybridized carbons (Fsp3) is 0.300. The second-order valence-electron chi connectivity index (χ2n) is 5.93. The molecule has 4 nitrogen and oxygen atoms in total. The number of rotatable bonds is 5. The first-order valence-electron chi connectivity index (χ1n) is 8.62. The van der Waals surface area contributed by atoms with E-state index in [0.717, 1.165) is 41.4 Å². The van der Waals surface area contributed by atoms with Crippen LogP contribution in [0.1, 0.15) is 36.5 Å². The molecule has 2 aromatic rings. The maximum absolute atomic E-state index is 12.6. The first-order chi connectivity index (χ1) is 12.2. The van der Waals surface area contributed by atoms with Gasteiger partial charge < -0.3 is 10.2 Å². The van der Waals surface area contributed by atoms with Gasteiger partial charge in [0, 0.05) is 29.2 Å². The molecule has 25 heavy (non-hydrogen) atoms. The number of piperidine rings is 1. The van der Waals surface area contributed by atoms with Crippen LogP contribution in [0.3, 0.4) is 0 Å². The molecule has 0 spiro atoms. The summed E-state index contributed by atoms with van der Waals surface area (Å²) in [6, 6.07) is 15.1. The molecular formula is C20H22N2O2S. The zero-order chi connectivity index (χ0) is 17.6. The summed E-state index contributed by atoms with van der Waals surface area (Å²) in [6.45, 7) is 2.84. The van der Waals surface area contributed by atoms with Crippen LogP contribution in [-0.4, -0.2) is 24.1 Å². The normalized spacial score (nSPS) is 14.4. The highest BCUT2D eigenvalue weighted by Crippen LogP contribution is 2.25. The third-order valence-corrected chi connectivity index (χ3v) is 5.15. The Morgan fingerprint density at radius 2 is 1.88 bits per heavy atom. The second kappa shape index (κ2) is 8.21. The van der Waals surface area contributed by atoms with E-state index in [0.29, 0.717) is 12.0 Å². The third-order valence-electron chi connectivity index (χ3n) is 4.19. The zero-order valence-electron chi connectivity index (χ0n) is 14.3. The molecule has 0 aromatic heterocycles. The molecule has 1 heterocycles. The molecule has 0 atom stereocenters. The zero-order valence-corrected chi connectivity index (χ0v) is 15.1. The van der Waals surface area contributed by atoms with E-state index in [9.17, 15) is 9.59 Å². The topological polar surface area (TPSA) is 49.4 Å². The Bertz CT molecular complexity index is 759. The molecule has 1 N–H and O–H groups in total. The molecule has 1 saturated heterocycles. The lowest BCUT2D eigenvalue weighted by Gasteiger charge is -2.26. The molecule has 1 aliphatic heterocycles. The minimum atomic E-state index is -0.113. The summed E-state index contributed by atoms with van der Waals surface area (Å²) < 4.78 is 0. The number of anilines is 2. The average molecular weight is 354 g/mol. The van der Waals surface area contributed by atoms with Crippen LogP contribution in [0.2, 0.25) is 0 Å². The number of carbonyl (C=O) groups excluding carboxylic acids is 2. The van der Waals surface area contributed by atoms with Crippen LogP contribution < -0.4 is 10.2 Å². The van der Waals surface area contributed by atoms with E-state index in [4.69, 9.17) is 0 Å². The molecule has 5 heteroatoms. The van der Waals surface area contributed by atoms with Gasteiger partial charge in [-0.2, -0.15) is 0 Å². The van der Waals surface area contributed by atoms with Crippen molar-refractivity contribution >= 4 is 35.0 Å². The van der Waals surface area contributed by atoms with Gasteiger partial charge in [0.25, 0.3) is 5.91 Å². The molecule has 2 amide bonds. The van der Waals surface area contributed by atoms with Crippen LogP contribution in [0.25, 0.3) is 0 Å². The molecule has 0 radical (unpaired) electrons. The van der Waals surface area contributed by atoms with Crippen LogP contribution in [0.15, 0.2) is 53.4 Å². The van der Waals surface area contributed by atoms with Crippen LogP contribution in [0, 0.1) is 0 Å². The fourth-order valence-electron chi connectivity index (χ4n) is 2.94. The van der Waals surface area contributed by atoms with Gasteiger partial charge in [-0.15, -0.1) is 11.8 Å². The lowest BCUT2D eigenvalue weighted by atomic mass is 10.1. The van der Waals surface area contributed by atoms with Gasteiger partial charge in [-0.05, 0) is 55.0 Å². The van der Waals surface area contributed by atoms with Crippen LogP contribution >= 0.6 is 11.8 Å². The predicted molar refractivity (Wildman–Crippen MR) is 103 cm³/mol.